The van der Waals surface area contributed by atoms with Crippen molar-refractivity contribution in [3.05, 3.63) is 112 Å². The third kappa shape index (κ3) is 4.74. The van der Waals surface area contributed by atoms with Gasteiger partial charge in [0.1, 0.15) is 11.5 Å². The zero-order valence-corrected chi connectivity index (χ0v) is 20.2. The Bertz CT molecular complexity index is 1410. The molecule has 35 heavy (non-hydrogen) atoms. The first-order chi connectivity index (χ1) is 17.0. The summed E-state index contributed by atoms with van der Waals surface area (Å²) in [6.45, 7) is 1.79. The van der Waals surface area contributed by atoms with Crippen LogP contribution in [0.15, 0.2) is 99.1 Å². The van der Waals surface area contributed by atoms with Gasteiger partial charge in [0, 0.05) is 16.8 Å². The van der Waals surface area contributed by atoms with E-state index in [-0.39, 0.29) is 17.6 Å². The van der Waals surface area contributed by atoms with Crippen LogP contribution >= 0.6 is 15.9 Å². The number of hydrazone groups is 1. The molecule has 1 aromatic heterocycles. The number of carbonyl (C=O) groups excluding carboxylic acids is 2. The molecular weight excluding hydrogens is 510 g/mol. The molecule has 0 fully saturated rings. The molecule has 174 valence electrons. The van der Waals surface area contributed by atoms with Crippen LogP contribution < -0.4 is 15.5 Å². The van der Waals surface area contributed by atoms with E-state index in [0.29, 0.717) is 27.6 Å². The molecule has 0 atom stereocenters. The van der Waals surface area contributed by atoms with Crippen LogP contribution in [0, 0.1) is 0 Å². The molecule has 0 aliphatic carbocycles. The molecule has 0 spiro atoms. The van der Waals surface area contributed by atoms with Crippen molar-refractivity contribution in [1.82, 2.24) is 5.43 Å². The lowest BCUT2D eigenvalue weighted by Gasteiger charge is -2.26. The molecule has 2 amide bonds. The molecule has 0 saturated heterocycles. The summed E-state index contributed by atoms with van der Waals surface area (Å²) in [5.74, 6) is 0.314. The summed E-state index contributed by atoms with van der Waals surface area (Å²) < 4.78 is 11.7. The predicted octanol–water partition coefficient (Wildman–Crippen LogP) is 6.07. The summed E-state index contributed by atoms with van der Waals surface area (Å²) in [4.78, 5) is 25.7. The van der Waals surface area contributed by atoms with Gasteiger partial charge in [0.15, 0.2) is 10.4 Å². The average Bonchev–Trinajstić information content (AvgIpc) is 3.32. The maximum Gasteiger partial charge on any atom is 0.291 e. The average molecular weight is 530 g/mol. The van der Waals surface area contributed by atoms with E-state index in [9.17, 15) is 9.59 Å². The first-order valence-electron chi connectivity index (χ1n) is 10.9. The van der Waals surface area contributed by atoms with E-state index in [1.54, 1.807) is 37.3 Å². The molecular formula is C27H20BrN3O4. The molecule has 8 heteroatoms. The van der Waals surface area contributed by atoms with E-state index in [1.165, 1.54) is 0 Å². The predicted molar refractivity (Wildman–Crippen MR) is 136 cm³/mol. The van der Waals surface area contributed by atoms with Crippen LogP contribution in [0.3, 0.4) is 0 Å². The molecule has 0 radical (unpaired) electrons. The monoisotopic (exact) mass is 529 g/mol. The SMILES string of the molecule is C/C(=N/NC(=O)C1c2ccccc2Oc2ccccc21)c1cccc(NC(=O)c2ccc(Br)o2)c1. The topological polar surface area (TPSA) is 92.9 Å². The van der Waals surface area contributed by atoms with Gasteiger partial charge in [-0.25, -0.2) is 5.43 Å². The standard InChI is InChI=1S/C27H20BrN3O4/c1-16(17-7-6-8-18(15-17)29-26(32)23-13-14-24(28)35-23)30-31-27(33)25-19-9-2-4-11-21(19)34-22-12-5-3-10-20(22)25/h2-15,25H,1H3,(H,29,32)(H,31,33)/b30-16-. The van der Waals surface area contributed by atoms with Gasteiger partial charge < -0.3 is 14.5 Å². The first-order valence-corrected chi connectivity index (χ1v) is 11.7. The summed E-state index contributed by atoms with van der Waals surface area (Å²) in [6.07, 6.45) is 0. The van der Waals surface area contributed by atoms with Crippen LogP contribution in [-0.2, 0) is 4.79 Å². The van der Waals surface area contributed by atoms with Crippen LogP contribution in [0.25, 0.3) is 0 Å². The zero-order chi connectivity index (χ0) is 24.4. The summed E-state index contributed by atoms with van der Waals surface area (Å²) in [6, 6.07) is 25.4. The van der Waals surface area contributed by atoms with Crippen molar-refractivity contribution in [3.63, 3.8) is 0 Å². The highest BCUT2D eigenvalue weighted by Gasteiger charge is 2.32. The molecule has 4 aromatic rings. The number of benzene rings is 3. The minimum atomic E-state index is -0.550. The van der Waals surface area contributed by atoms with Crippen molar-refractivity contribution >= 4 is 39.1 Å². The Morgan fingerprint density at radius 2 is 1.57 bits per heavy atom. The van der Waals surface area contributed by atoms with E-state index < -0.39 is 5.92 Å². The maximum atomic E-state index is 13.3. The quantitative estimate of drug-likeness (QED) is 0.242. The Morgan fingerprint density at radius 1 is 0.886 bits per heavy atom. The summed E-state index contributed by atoms with van der Waals surface area (Å²) in [5, 5.41) is 7.13. The molecule has 1 aliphatic heterocycles. The number of nitrogens with one attached hydrogen (secondary N) is 2. The van der Waals surface area contributed by atoms with Gasteiger partial charge in [-0.15, -0.1) is 0 Å². The highest BCUT2D eigenvalue weighted by Crippen LogP contribution is 2.43. The molecule has 0 unspecified atom stereocenters. The normalized spacial score (nSPS) is 12.8. The van der Waals surface area contributed by atoms with Gasteiger partial charge in [0.05, 0.1) is 11.6 Å². The van der Waals surface area contributed by atoms with Crippen molar-refractivity contribution in [2.24, 2.45) is 5.10 Å². The second kappa shape index (κ2) is 9.60. The molecule has 2 N–H and O–H groups in total. The Hall–Kier alpha value is -4.17. The van der Waals surface area contributed by atoms with Gasteiger partial charge in [0.25, 0.3) is 11.8 Å². The molecule has 0 saturated carbocycles. The van der Waals surface area contributed by atoms with Crippen molar-refractivity contribution in [2.75, 3.05) is 5.32 Å². The lowest BCUT2D eigenvalue weighted by atomic mass is 9.87. The smallest absolute Gasteiger partial charge is 0.291 e. The number of amides is 2. The fourth-order valence-corrected chi connectivity index (χ4v) is 4.22. The number of fused-ring (bicyclic) bond motifs is 2. The molecule has 0 bridgehead atoms. The fourth-order valence-electron chi connectivity index (χ4n) is 3.91. The van der Waals surface area contributed by atoms with E-state index in [0.717, 1.165) is 16.7 Å². The van der Waals surface area contributed by atoms with Gasteiger partial charge in [-0.2, -0.15) is 5.10 Å². The number of furan rings is 1. The third-order valence-electron chi connectivity index (χ3n) is 5.61. The third-order valence-corrected chi connectivity index (χ3v) is 6.04. The second-order valence-electron chi connectivity index (χ2n) is 7.92. The molecule has 5 rings (SSSR count). The van der Waals surface area contributed by atoms with E-state index in [2.05, 4.69) is 31.8 Å². The largest absolute Gasteiger partial charge is 0.457 e. The van der Waals surface area contributed by atoms with E-state index in [1.807, 2.05) is 54.6 Å². The van der Waals surface area contributed by atoms with Gasteiger partial charge in [0.2, 0.25) is 0 Å². The molecule has 1 aliphatic rings. The summed E-state index contributed by atoms with van der Waals surface area (Å²) in [5.41, 5.74) is 6.18. The number of rotatable bonds is 5. The van der Waals surface area contributed by atoms with Crippen molar-refractivity contribution < 1.29 is 18.7 Å². The van der Waals surface area contributed by atoms with Crippen LogP contribution in [0.1, 0.15) is 40.1 Å². The minimum absolute atomic E-state index is 0.192. The van der Waals surface area contributed by atoms with Crippen LogP contribution in [0.5, 0.6) is 11.5 Å². The zero-order valence-electron chi connectivity index (χ0n) is 18.6. The maximum absolute atomic E-state index is 13.3. The number of para-hydroxylation sites is 2. The van der Waals surface area contributed by atoms with Gasteiger partial charge in [-0.1, -0.05) is 48.5 Å². The molecule has 2 heterocycles. The lowest BCUT2D eigenvalue weighted by Crippen LogP contribution is -2.29. The van der Waals surface area contributed by atoms with Gasteiger partial charge in [-0.05, 0) is 64.8 Å². The van der Waals surface area contributed by atoms with Crippen LogP contribution in [0.2, 0.25) is 0 Å². The molecule has 3 aromatic carbocycles. The van der Waals surface area contributed by atoms with Crippen LogP contribution in [0.4, 0.5) is 5.69 Å². The minimum Gasteiger partial charge on any atom is -0.457 e. The summed E-state index contributed by atoms with van der Waals surface area (Å²) in [7, 11) is 0. The van der Waals surface area contributed by atoms with Crippen molar-refractivity contribution in [2.45, 2.75) is 12.8 Å². The van der Waals surface area contributed by atoms with Crippen molar-refractivity contribution in [1.29, 1.82) is 0 Å². The van der Waals surface area contributed by atoms with Gasteiger partial charge >= 0.3 is 0 Å². The second-order valence-corrected chi connectivity index (χ2v) is 8.70. The number of anilines is 1. The van der Waals surface area contributed by atoms with E-state index in [4.69, 9.17) is 9.15 Å². The number of nitrogens with zero attached hydrogens (tertiary/aromatic N) is 1. The molecule has 7 nitrogen and oxygen atoms in total. The van der Waals surface area contributed by atoms with Crippen LogP contribution in [-0.4, -0.2) is 17.5 Å². The van der Waals surface area contributed by atoms with Crippen molar-refractivity contribution in [3.8, 4) is 11.5 Å². The number of halogens is 1. The Morgan fingerprint density at radius 3 is 2.23 bits per heavy atom. The Balaban J connectivity index is 1.34. The highest BCUT2D eigenvalue weighted by atomic mass is 79.9. The first kappa shape index (κ1) is 22.6. The number of carbonyl (C=O) groups is 2. The van der Waals surface area contributed by atoms with E-state index >= 15 is 0 Å². The number of hydrogen-bond donors (Lipinski definition) is 2. The van der Waals surface area contributed by atoms with Gasteiger partial charge in [-0.3, -0.25) is 9.59 Å². The summed E-state index contributed by atoms with van der Waals surface area (Å²) >= 11 is 3.19. The number of ether oxygens (including phenoxy) is 1. The highest BCUT2D eigenvalue weighted by molar-refractivity contribution is 9.10. The Labute approximate surface area is 209 Å². The lowest BCUT2D eigenvalue weighted by molar-refractivity contribution is -0.121. The Kier molecular flexibility index (Phi) is 6.20. The fraction of sp³-hybridized carbons (Fsp3) is 0.0741. The number of hydrogen-bond acceptors (Lipinski definition) is 5.